The van der Waals surface area contributed by atoms with E-state index in [1.807, 2.05) is 35.2 Å². The minimum Gasteiger partial charge on any atom is -0.399 e. The molecule has 0 bridgehead atoms. The van der Waals surface area contributed by atoms with Gasteiger partial charge in [-0.1, -0.05) is 24.3 Å². The zero-order valence-electron chi connectivity index (χ0n) is 11.9. The number of rotatable bonds is 5. The van der Waals surface area contributed by atoms with Crippen LogP contribution in [0, 0.1) is 0 Å². The minimum atomic E-state index is 0.228. The molecule has 1 fully saturated rings. The molecule has 0 aliphatic carbocycles. The lowest BCUT2D eigenvalue weighted by Crippen LogP contribution is -2.48. The largest absolute Gasteiger partial charge is 0.399 e. The summed E-state index contributed by atoms with van der Waals surface area (Å²) in [6.07, 6.45) is 3.17. The number of nitrogens with two attached hydrogens (primary N) is 1. The van der Waals surface area contributed by atoms with Crippen LogP contribution in [0.1, 0.15) is 12.0 Å². The molecule has 1 aliphatic heterocycles. The van der Waals surface area contributed by atoms with Gasteiger partial charge >= 0.3 is 0 Å². The van der Waals surface area contributed by atoms with Crippen molar-refractivity contribution in [3.05, 3.63) is 42.5 Å². The third-order valence-electron chi connectivity index (χ3n) is 3.78. The van der Waals surface area contributed by atoms with Gasteiger partial charge in [0.05, 0.1) is 0 Å². The number of aryl methyl sites for hydroxylation is 1. The van der Waals surface area contributed by atoms with E-state index in [1.165, 1.54) is 0 Å². The van der Waals surface area contributed by atoms with Gasteiger partial charge in [0.2, 0.25) is 5.91 Å². The Hall–Kier alpha value is -1.81. The zero-order chi connectivity index (χ0) is 14.4. The number of nitrogens with zero attached hydrogens (tertiary/aromatic N) is 2. The van der Waals surface area contributed by atoms with Crippen molar-refractivity contribution < 1.29 is 4.79 Å². The first-order valence-electron chi connectivity index (χ1n) is 7.15. The molecule has 1 amide bonds. The maximum atomic E-state index is 12.2. The van der Waals surface area contributed by atoms with Crippen molar-refractivity contribution in [3.8, 4) is 0 Å². The molecule has 1 aromatic rings. The molecule has 1 aliphatic rings. The number of benzene rings is 1. The molecule has 0 unspecified atom stereocenters. The molecule has 1 saturated heterocycles. The van der Waals surface area contributed by atoms with Crippen molar-refractivity contribution in [1.82, 2.24) is 9.80 Å². The lowest BCUT2D eigenvalue weighted by Gasteiger charge is -2.34. The molecule has 2 N–H and O–H groups in total. The first-order chi connectivity index (χ1) is 9.70. The second-order valence-electron chi connectivity index (χ2n) is 5.17. The van der Waals surface area contributed by atoms with E-state index in [4.69, 9.17) is 5.73 Å². The van der Waals surface area contributed by atoms with Crippen LogP contribution in [0.5, 0.6) is 0 Å². The lowest BCUT2D eigenvalue weighted by atomic mass is 10.1. The number of anilines is 1. The van der Waals surface area contributed by atoms with Gasteiger partial charge in [0.1, 0.15) is 0 Å². The molecule has 4 nitrogen and oxygen atoms in total. The predicted molar refractivity (Wildman–Crippen MR) is 82.4 cm³/mol. The molecule has 4 heteroatoms. The Balaban J connectivity index is 1.79. The highest BCUT2D eigenvalue weighted by atomic mass is 16.2. The fourth-order valence-corrected chi connectivity index (χ4v) is 2.52. The summed E-state index contributed by atoms with van der Waals surface area (Å²) in [5, 5.41) is 0. The van der Waals surface area contributed by atoms with Crippen molar-refractivity contribution in [2.45, 2.75) is 12.8 Å². The van der Waals surface area contributed by atoms with Crippen LogP contribution in [-0.2, 0) is 11.2 Å². The number of para-hydroxylation sites is 1. The van der Waals surface area contributed by atoms with Gasteiger partial charge in [0, 0.05) is 44.8 Å². The summed E-state index contributed by atoms with van der Waals surface area (Å²) in [5.41, 5.74) is 7.73. The van der Waals surface area contributed by atoms with Crippen molar-refractivity contribution in [1.29, 1.82) is 0 Å². The minimum absolute atomic E-state index is 0.228. The average Bonchev–Trinajstić information content (AvgIpc) is 2.47. The summed E-state index contributed by atoms with van der Waals surface area (Å²) in [5.74, 6) is 0.228. The lowest BCUT2D eigenvalue weighted by molar-refractivity contribution is -0.132. The zero-order valence-corrected chi connectivity index (χ0v) is 11.9. The van der Waals surface area contributed by atoms with Crippen LogP contribution in [0.2, 0.25) is 0 Å². The first kappa shape index (κ1) is 14.6. The molecule has 108 valence electrons. The van der Waals surface area contributed by atoms with E-state index in [9.17, 15) is 4.79 Å². The number of hydrogen-bond donors (Lipinski definition) is 1. The second kappa shape index (κ2) is 7.10. The first-order valence-corrected chi connectivity index (χ1v) is 7.15. The van der Waals surface area contributed by atoms with Crippen molar-refractivity contribution in [3.63, 3.8) is 0 Å². The van der Waals surface area contributed by atoms with Gasteiger partial charge in [-0.2, -0.15) is 0 Å². The van der Waals surface area contributed by atoms with Gasteiger partial charge in [0.25, 0.3) is 0 Å². The molecular weight excluding hydrogens is 250 g/mol. The molecular formula is C16H23N3O. The van der Waals surface area contributed by atoms with E-state index < -0.39 is 0 Å². The number of hydrogen-bond acceptors (Lipinski definition) is 3. The smallest absolute Gasteiger partial charge is 0.222 e. The van der Waals surface area contributed by atoms with Crippen LogP contribution in [-0.4, -0.2) is 48.4 Å². The van der Waals surface area contributed by atoms with Crippen LogP contribution < -0.4 is 5.73 Å². The maximum absolute atomic E-state index is 12.2. The Bertz CT molecular complexity index is 465. The Labute approximate surface area is 120 Å². The molecule has 1 heterocycles. The standard InChI is InChI=1S/C16H23N3O/c1-2-9-18-10-12-19(13-11-18)16(20)8-7-14-5-3-4-6-15(14)17/h2-6H,1,7-13,17H2. The van der Waals surface area contributed by atoms with Crippen LogP contribution in [0.25, 0.3) is 0 Å². The molecule has 0 radical (unpaired) electrons. The van der Waals surface area contributed by atoms with Crippen molar-refractivity contribution in [2.75, 3.05) is 38.5 Å². The number of amides is 1. The highest BCUT2D eigenvalue weighted by Gasteiger charge is 2.20. The molecule has 0 atom stereocenters. The van der Waals surface area contributed by atoms with Crippen LogP contribution in [0.3, 0.4) is 0 Å². The van der Waals surface area contributed by atoms with E-state index >= 15 is 0 Å². The fraction of sp³-hybridized carbons (Fsp3) is 0.438. The summed E-state index contributed by atoms with van der Waals surface area (Å²) >= 11 is 0. The van der Waals surface area contributed by atoms with Gasteiger partial charge in [-0.05, 0) is 18.1 Å². The molecule has 0 spiro atoms. The molecule has 2 rings (SSSR count). The summed E-state index contributed by atoms with van der Waals surface area (Å²) in [6.45, 7) is 8.16. The quantitative estimate of drug-likeness (QED) is 0.654. The number of carbonyl (C=O) groups excluding carboxylic acids is 1. The monoisotopic (exact) mass is 273 g/mol. The normalized spacial score (nSPS) is 16.1. The summed E-state index contributed by atoms with van der Waals surface area (Å²) < 4.78 is 0. The van der Waals surface area contributed by atoms with Crippen molar-refractivity contribution >= 4 is 11.6 Å². The van der Waals surface area contributed by atoms with E-state index in [-0.39, 0.29) is 5.91 Å². The van der Waals surface area contributed by atoms with E-state index in [2.05, 4.69) is 11.5 Å². The molecule has 0 saturated carbocycles. The second-order valence-corrected chi connectivity index (χ2v) is 5.17. The van der Waals surface area contributed by atoms with E-state index in [1.54, 1.807) is 0 Å². The molecule has 20 heavy (non-hydrogen) atoms. The Morgan fingerprint density at radius 1 is 1.25 bits per heavy atom. The summed E-state index contributed by atoms with van der Waals surface area (Å²) in [7, 11) is 0. The Kier molecular flexibility index (Phi) is 5.18. The van der Waals surface area contributed by atoms with Gasteiger partial charge in [-0.15, -0.1) is 6.58 Å². The Morgan fingerprint density at radius 2 is 1.95 bits per heavy atom. The SMILES string of the molecule is C=CCN1CCN(C(=O)CCc2ccccc2N)CC1. The van der Waals surface area contributed by atoms with Crippen LogP contribution in [0.4, 0.5) is 5.69 Å². The maximum Gasteiger partial charge on any atom is 0.222 e. The van der Waals surface area contributed by atoms with Crippen LogP contribution >= 0.6 is 0 Å². The van der Waals surface area contributed by atoms with Gasteiger partial charge < -0.3 is 10.6 Å². The highest BCUT2D eigenvalue weighted by Crippen LogP contribution is 2.14. The Morgan fingerprint density at radius 3 is 2.60 bits per heavy atom. The summed E-state index contributed by atoms with van der Waals surface area (Å²) in [4.78, 5) is 16.5. The number of nitrogen functional groups attached to an aromatic ring is 1. The van der Waals surface area contributed by atoms with E-state index in [0.717, 1.165) is 50.4 Å². The third kappa shape index (κ3) is 3.84. The van der Waals surface area contributed by atoms with Gasteiger partial charge in [-0.25, -0.2) is 0 Å². The molecule has 1 aromatic carbocycles. The predicted octanol–water partition coefficient (Wildman–Crippen LogP) is 1.53. The fourth-order valence-electron chi connectivity index (χ4n) is 2.52. The molecule has 0 aromatic heterocycles. The topological polar surface area (TPSA) is 49.6 Å². The third-order valence-corrected chi connectivity index (χ3v) is 3.78. The number of carbonyl (C=O) groups is 1. The van der Waals surface area contributed by atoms with E-state index in [0.29, 0.717) is 6.42 Å². The summed E-state index contributed by atoms with van der Waals surface area (Å²) in [6, 6.07) is 7.75. The average molecular weight is 273 g/mol. The number of piperazine rings is 1. The van der Waals surface area contributed by atoms with Gasteiger partial charge in [-0.3, -0.25) is 9.69 Å². The van der Waals surface area contributed by atoms with Crippen LogP contribution in [0.15, 0.2) is 36.9 Å². The van der Waals surface area contributed by atoms with Gasteiger partial charge in [0.15, 0.2) is 0 Å². The van der Waals surface area contributed by atoms with Crippen molar-refractivity contribution in [2.24, 2.45) is 0 Å². The highest BCUT2D eigenvalue weighted by molar-refractivity contribution is 5.76.